The molecule has 1 aliphatic rings. The molecule has 0 saturated carbocycles. The zero-order valence-corrected chi connectivity index (χ0v) is 17.7. The van der Waals surface area contributed by atoms with Gasteiger partial charge in [0.1, 0.15) is 0 Å². The lowest BCUT2D eigenvalue weighted by Crippen LogP contribution is -2.37. The van der Waals surface area contributed by atoms with Gasteiger partial charge < -0.3 is 20.9 Å². The summed E-state index contributed by atoms with van der Waals surface area (Å²) in [5.41, 5.74) is 4.44. The Balaban J connectivity index is 1.39. The molecular weight excluding hydrogens is 414 g/mol. The Morgan fingerprint density at radius 1 is 0.935 bits per heavy atom. The van der Waals surface area contributed by atoms with E-state index in [0.717, 1.165) is 34.8 Å². The van der Waals surface area contributed by atoms with Crippen molar-refractivity contribution >= 4 is 15.5 Å². The molecule has 0 saturated heterocycles. The van der Waals surface area contributed by atoms with E-state index in [9.17, 15) is 18.7 Å². The first-order valence-corrected chi connectivity index (χ1v) is 11.6. The highest BCUT2D eigenvalue weighted by Gasteiger charge is 2.18. The van der Waals surface area contributed by atoms with Gasteiger partial charge in [-0.15, -0.1) is 5.06 Å². The van der Waals surface area contributed by atoms with Crippen LogP contribution < -0.4 is 10.6 Å². The molecule has 31 heavy (non-hydrogen) atoms. The lowest BCUT2D eigenvalue weighted by Gasteiger charge is -2.23. The van der Waals surface area contributed by atoms with Crippen LogP contribution in [-0.4, -0.2) is 30.1 Å². The summed E-state index contributed by atoms with van der Waals surface area (Å²) in [6.45, 7) is 1.72. The van der Waals surface area contributed by atoms with Crippen LogP contribution in [0, 0.1) is 0 Å². The maximum atomic E-state index is 12.8. The Morgan fingerprint density at radius 2 is 1.65 bits per heavy atom. The summed E-state index contributed by atoms with van der Waals surface area (Å²) in [5.74, 6) is -0.0722. The minimum absolute atomic E-state index is 0.0722. The predicted octanol–water partition coefficient (Wildman–Crippen LogP) is 2.84. The fourth-order valence-electron chi connectivity index (χ4n) is 3.58. The van der Waals surface area contributed by atoms with Crippen molar-refractivity contribution in [3.63, 3.8) is 0 Å². The van der Waals surface area contributed by atoms with E-state index in [1.54, 1.807) is 12.1 Å². The topological polar surface area (TPSA) is 102 Å². The van der Waals surface area contributed by atoms with E-state index in [4.69, 9.17) is 0 Å². The van der Waals surface area contributed by atoms with Crippen molar-refractivity contribution in [1.82, 2.24) is 10.4 Å². The van der Waals surface area contributed by atoms with E-state index in [1.165, 1.54) is 17.7 Å². The van der Waals surface area contributed by atoms with Crippen molar-refractivity contribution in [2.75, 3.05) is 5.32 Å². The van der Waals surface area contributed by atoms with Gasteiger partial charge in [0.05, 0.1) is 17.2 Å². The van der Waals surface area contributed by atoms with Gasteiger partial charge in [0, 0.05) is 18.8 Å². The monoisotopic (exact) mass is 439 g/mol. The number of hydrogen-bond acceptors (Lipinski definition) is 7. The maximum absolute atomic E-state index is 12.8. The number of benzene rings is 3. The Bertz CT molecular complexity index is 1140. The first-order chi connectivity index (χ1) is 14.9. The van der Waals surface area contributed by atoms with Crippen LogP contribution in [0.4, 0.5) is 5.69 Å². The lowest BCUT2D eigenvalue weighted by molar-refractivity contribution is -0.191. The zero-order valence-electron chi connectivity index (χ0n) is 16.9. The van der Waals surface area contributed by atoms with Gasteiger partial charge in [0.15, 0.2) is 9.84 Å². The Morgan fingerprint density at radius 3 is 2.39 bits per heavy atom. The Hall–Kier alpha value is -2.75. The quantitative estimate of drug-likeness (QED) is 0.316. The van der Waals surface area contributed by atoms with Crippen LogP contribution in [0.5, 0.6) is 0 Å². The van der Waals surface area contributed by atoms with Crippen LogP contribution >= 0.6 is 0 Å². The van der Waals surface area contributed by atoms with Gasteiger partial charge in [-0.05, 0) is 46.5 Å². The Kier molecular flexibility index (Phi) is 6.35. The zero-order chi connectivity index (χ0) is 21.8. The molecule has 4 N–H and O–H groups in total. The fraction of sp³-hybridized carbons (Fsp3) is 0.217. The summed E-state index contributed by atoms with van der Waals surface area (Å²) in [4.78, 5) is 0.205. The number of hydroxylamine groups is 2. The molecule has 0 bridgehead atoms. The van der Waals surface area contributed by atoms with Crippen molar-refractivity contribution < 1.29 is 18.7 Å². The molecule has 0 aliphatic carbocycles. The molecule has 3 aromatic carbocycles. The normalized spacial score (nSPS) is 14.4. The molecule has 162 valence electrons. The van der Waals surface area contributed by atoms with Gasteiger partial charge in [0.2, 0.25) is 6.35 Å². The largest absolute Gasteiger partial charge is 0.359 e. The number of hydrogen-bond donors (Lipinski definition) is 4. The number of aliphatic hydroxyl groups excluding tert-OH is 1. The summed E-state index contributed by atoms with van der Waals surface area (Å²) >= 11 is 0. The molecule has 0 spiro atoms. The van der Waals surface area contributed by atoms with Crippen LogP contribution in [0.1, 0.15) is 22.3 Å². The summed E-state index contributed by atoms with van der Waals surface area (Å²) in [7, 11) is -3.50. The third kappa shape index (κ3) is 5.30. The first kappa shape index (κ1) is 21.5. The van der Waals surface area contributed by atoms with Crippen molar-refractivity contribution in [2.24, 2.45) is 0 Å². The summed E-state index contributed by atoms with van der Waals surface area (Å²) in [6.07, 6.45) is -1.34. The van der Waals surface area contributed by atoms with Crippen molar-refractivity contribution in [2.45, 2.75) is 36.6 Å². The molecule has 1 unspecified atom stereocenters. The van der Waals surface area contributed by atoms with Crippen LogP contribution in [0.3, 0.4) is 0 Å². The molecule has 4 rings (SSSR count). The number of anilines is 1. The molecule has 0 amide bonds. The van der Waals surface area contributed by atoms with Gasteiger partial charge in [-0.1, -0.05) is 48.5 Å². The number of nitrogens with one attached hydrogen (secondary N) is 2. The minimum Gasteiger partial charge on any atom is -0.359 e. The molecule has 3 aromatic rings. The second-order valence-corrected chi connectivity index (χ2v) is 9.58. The second-order valence-electron chi connectivity index (χ2n) is 7.59. The van der Waals surface area contributed by atoms with E-state index >= 15 is 0 Å². The molecule has 0 radical (unpaired) electrons. The molecule has 1 atom stereocenters. The average molecular weight is 440 g/mol. The van der Waals surface area contributed by atoms with Gasteiger partial charge in [-0.2, -0.15) is 0 Å². The highest BCUT2D eigenvalue weighted by Crippen LogP contribution is 2.23. The van der Waals surface area contributed by atoms with E-state index in [1.807, 2.05) is 48.5 Å². The number of fused-ring (bicyclic) bond motifs is 1. The van der Waals surface area contributed by atoms with Crippen molar-refractivity contribution in [3.8, 4) is 0 Å². The van der Waals surface area contributed by atoms with E-state index in [-0.39, 0.29) is 17.2 Å². The summed E-state index contributed by atoms with van der Waals surface area (Å²) < 4.78 is 25.6. The SMILES string of the molecule is O=S(=O)(Cc1ccc2c(c1)CNC2)c1ccc(NC(O)N(O)Cc2ccccc2)cc1. The number of sulfone groups is 1. The number of rotatable bonds is 8. The standard InChI is InChI=1S/C23H25N3O4S/c27-23(26(28)15-17-4-2-1-3-5-17)25-21-8-10-22(11-9-21)31(29,30)16-18-6-7-19-13-24-14-20(19)12-18/h1-12,23-25,27-28H,13-16H2. The van der Waals surface area contributed by atoms with Crippen LogP contribution in [-0.2, 0) is 35.2 Å². The Labute approximate surface area is 181 Å². The molecule has 0 aromatic heterocycles. The third-order valence-electron chi connectivity index (χ3n) is 5.24. The van der Waals surface area contributed by atoms with Gasteiger partial charge in [-0.3, -0.25) is 0 Å². The summed E-state index contributed by atoms with van der Waals surface area (Å²) in [5, 5.41) is 27.0. The number of nitrogens with zero attached hydrogens (tertiary/aromatic N) is 1. The van der Waals surface area contributed by atoms with Gasteiger partial charge in [-0.25, -0.2) is 8.42 Å². The van der Waals surface area contributed by atoms with Gasteiger partial charge >= 0.3 is 0 Å². The fourth-order valence-corrected chi connectivity index (χ4v) is 4.92. The predicted molar refractivity (Wildman–Crippen MR) is 118 cm³/mol. The van der Waals surface area contributed by atoms with Crippen molar-refractivity contribution in [3.05, 3.63) is 95.1 Å². The molecule has 1 heterocycles. The lowest BCUT2D eigenvalue weighted by atomic mass is 10.1. The number of aliphatic hydroxyl groups is 1. The second kappa shape index (κ2) is 9.17. The molecule has 7 nitrogen and oxygen atoms in total. The highest BCUT2D eigenvalue weighted by molar-refractivity contribution is 7.90. The van der Waals surface area contributed by atoms with E-state index in [0.29, 0.717) is 5.69 Å². The molecule has 1 aliphatic heterocycles. The first-order valence-electron chi connectivity index (χ1n) is 9.99. The molecule has 0 fully saturated rings. The van der Waals surface area contributed by atoms with Crippen LogP contribution in [0.25, 0.3) is 0 Å². The summed E-state index contributed by atoms with van der Waals surface area (Å²) in [6, 6.07) is 21.2. The van der Waals surface area contributed by atoms with Crippen LogP contribution in [0.15, 0.2) is 77.7 Å². The molecule has 8 heteroatoms. The highest BCUT2D eigenvalue weighted by atomic mass is 32.2. The third-order valence-corrected chi connectivity index (χ3v) is 6.94. The minimum atomic E-state index is -3.50. The smallest absolute Gasteiger partial charge is 0.206 e. The van der Waals surface area contributed by atoms with Gasteiger partial charge in [0.25, 0.3) is 0 Å². The maximum Gasteiger partial charge on any atom is 0.206 e. The van der Waals surface area contributed by atoms with E-state index < -0.39 is 16.2 Å². The van der Waals surface area contributed by atoms with Crippen molar-refractivity contribution in [1.29, 1.82) is 0 Å². The average Bonchev–Trinajstić information content (AvgIpc) is 3.22. The van der Waals surface area contributed by atoms with Crippen LogP contribution in [0.2, 0.25) is 0 Å². The van der Waals surface area contributed by atoms with E-state index in [2.05, 4.69) is 10.6 Å². The molecular formula is C23H25N3O4S.